The van der Waals surface area contributed by atoms with Crippen molar-refractivity contribution in [2.24, 2.45) is 0 Å². The lowest BCUT2D eigenvalue weighted by Crippen LogP contribution is -2.31. The third kappa shape index (κ3) is 5.38. The van der Waals surface area contributed by atoms with E-state index >= 15 is 0 Å². The highest BCUT2D eigenvalue weighted by Crippen LogP contribution is 2.33. The fourth-order valence-electron chi connectivity index (χ4n) is 3.59. The molecule has 3 heterocycles. The first-order valence-electron chi connectivity index (χ1n) is 10.8. The first kappa shape index (κ1) is 25.6. The molecule has 10 nitrogen and oxygen atoms in total. The van der Waals surface area contributed by atoms with Crippen LogP contribution in [0.1, 0.15) is 34.6 Å². The predicted molar refractivity (Wildman–Crippen MR) is 121 cm³/mol. The normalized spacial score (nSPS) is 12.4. The number of halogens is 4. The summed E-state index contributed by atoms with van der Waals surface area (Å²) in [4.78, 5) is 29.4. The van der Waals surface area contributed by atoms with Gasteiger partial charge in [-0.2, -0.15) is 23.0 Å². The van der Waals surface area contributed by atoms with E-state index in [1.54, 1.807) is 6.07 Å². The average molecular weight is 517 g/mol. The molecule has 37 heavy (non-hydrogen) atoms. The number of amides is 1. The molecule has 0 spiro atoms. The second kappa shape index (κ2) is 10.3. The van der Waals surface area contributed by atoms with Crippen molar-refractivity contribution in [3.8, 4) is 16.9 Å². The van der Waals surface area contributed by atoms with Gasteiger partial charge in [-0.3, -0.25) is 14.6 Å². The van der Waals surface area contributed by atoms with Crippen LogP contribution in [0.15, 0.2) is 59.8 Å². The van der Waals surface area contributed by atoms with Crippen molar-refractivity contribution in [2.75, 3.05) is 6.61 Å². The topological polar surface area (TPSA) is 128 Å². The Labute approximate surface area is 206 Å². The van der Waals surface area contributed by atoms with Crippen LogP contribution < -0.4 is 10.9 Å². The number of carbonyl (C=O) groups excluding carboxylic acids is 1. The Bertz CT molecular complexity index is 1500. The number of carbonyl (C=O) groups is 1. The molecule has 1 atom stereocenters. The van der Waals surface area contributed by atoms with Crippen molar-refractivity contribution in [3.05, 3.63) is 88.0 Å². The maximum absolute atomic E-state index is 14.5. The molecule has 0 fully saturated rings. The zero-order valence-electron chi connectivity index (χ0n) is 19.1. The molecule has 1 amide bonds. The molecule has 0 unspecified atom stereocenters. The lowest BCUT2D eigenvalue weighted by molar-refractivity contribution is -0.140. The first-order valence-corrected chi connectivity index (χ1v) is 10.8. The van der Waals surface area contributed by atoms with Crippen molar-refractivity contribution < 1.29 is 27.5 Å². The zero-order valence-corrected chi connectivity index (χ0v) is 19.1. The number of benzene rings is 1. The van der Waals surface area contributed by atoms with E-state index in [2.05, 4.69) is 25.7 Å². The highest BCUT2D eigenvalue weighted by molar-refractivity contribution is 5.92. The van der Waals surface area contributed by atoms with Crippen LogP contribution in [-0.4, -0.2) is 47.4 Å². The number of nitrogens with zero attached hydrogens (tertiary/aromatic N) is 6. The largest absolute Gasteiger partial charge is 0.419 e. The van der Waals surface area contributed by atoms with Gasteiger partial charge in [0, 0.05) is 23.4 Å². The Morgan fingerprint density at radius 2 is 1.95 bits per heavy atom. The molecule has 0 aliphatic heterocycles. The van der Waals surface area contributed by atoms with Crippen LogP contribution in [0.3, 0.4) is 0 Å². The molecule has 0 radical (unpaired) electrons. The number of aliphatic hydroxyl groups excluding tert-OH is 1. The van der Waals surface area contributed by atoms with E-state index in [-0.39, 0.29) is 30.1 Å². The van der Waals surface area contributed by atoms with Crippen LogP contribution in [0.5, 0.6) is 0 Å². The van der Waals surface area contributed by atoms with Crippen molar-refractivity contribution in [3.63, 3.8) is 0 Å². The van der Waals surface area contributed by atoms with E-state index in [1.165, 1.54) is 30.2 Å². The first-order chi connectivity index (χ1) is 17.6. The Morgan fingerprint density at radius 3 is 2.68 bits per heavy atom. The summed E-state index contributed by atoms with van der Waals surface area (Å²) in [5, 5.41) is 23.3. The van der Waals surface area contributed by atoms with Gasteiger partial charge in [0.05, 0.1) is 48.5 Å². The molecule has 0 saturated heterocycles. The number of hydrogen-bond donors (Lipinski definition) is 2. The molecule has 0 aliphatic carbocycles. The highest BCUT2D eigenvalue weighted by atomic mass is 19.4. The van der Waals surface area contributed by atoms with E-state index in [4.69, 9.17) is 0 Å². The summed E-state index contributed by atoms with van der Waals surface area (Å²) in [6.07, 6.45) is -0.622. The van der Waals surface area contributed by atoms with Crippen LogP contribution in [0.2, 0.25) is 0 Å². The third-order valence-corrected chi connectivity index (χ3v) is 5.37. The molecule has 192 valence electrons. The summed E-state index contributed by atoms with van der Waals surface area (Å²) in [6, 6.07) is 5.43. The molecule has 4 aromatic rings. The van der Waals surface area contributed by atoms with Gasteiger partial charge in [-0.05, 0) is 25.1 Å². The quantitative estimate of drug-likeness (QED) is 0.361. The average Bonchev–Trinajstić information content (AvgIpc) is 3.32. The van der Waals surface area contributed by atoms with E-state index in [0.717, 1.165) is 28.9 Å². The number of alkyl halides is 3. The van der Waals surface area contributed by atoms with Gasteiger partial charge < -0.3 is 10.4 Å². The SMILES string of the molecule is C[C@@H](NC(=O)c1ccc(=O)n(-c2cncc(-c3cnnn3CCO)c2)n1)c1cccc(C(F)(F)F)c1F. The number of rotatable bonds is 7. The van der Waals surface area contributed by atoms with Gasteiger partial charge >= 0.3 is 6.18 Å². The fourth-order valence-corrected chi connectivity index (χ4v) is 3.59. The van der Waals surface area contributed by atoms with Gasteiger partial charge in [0.2, 0.25) is 0 Å². The fraction of sp³-hybridized carbons (Fsp3) is 0.217. The van der Waals surface area contributed by atoms with Crippen molar-refractivity contribution >= 4 is 5.91 Å². The Hall–Kier alpha value is -4.46. The molecule has 2 N–H and O–H groups in total. The van der Waals surface area contributed by atoms with E-state index in [1.807, 2.05) is 0 Å². The van der Waals surface area contributed by atoms with Crippen LogP contribution in [0.25, 0.3) is 16.9 Å². The summed E-state index contributed by atoms with van der Waals surface area (Å²) in [6.45, 7) is 1.33. The number of pyridine rings is 1. The Balaban J connectivity index is 1.62. The second-order valence-corrected chi connectivity index (χ2v) is 7.87. The second-order valence-electron chi connectivity index (χ2n) is 7.87. The summed E-state index contributed by atoms with van der Waals surface area (Å²) in [5.74, 6) is -2.33. The Kier molecular flexibility index (Phi) is 7.11. The van der Waals surface area contributed by atoms with Crippen LogP contribution in [0.4, 0.5) is 17.6 Å². The molecule has 0 saturated carbocycles. The van der Waals surface area contributed by atoms with Crippen molar-refractivity contribution in [1.29, 1.82) is 0 Å². The smallest absolute Gasteiger partial charge is 0.394 e. The monoisotopic (exact) mass is 517 g/mol. The van der Waals surface area contributed by atoms with Gasteiger partial charge in [-0.15, -0.1) is 5.10 Å². The van der Waals surface area contributed by atoms with E-state index in [0.29, 0.717) is 17.3 Å². The van der Waals surface area contributed by atoms with Gasteiger partial charge in [0.25, 0.3) is 11.5 Å². The van der Waals surface area contributed by atoms with E-state index < -0.39 is 35.1 Å². The number of aromatic nitrogens is 6. The van der Waals surface area contributed by atoms with Crippen LogP contribution in [0, 0.1) is 5.82 Å². The maximum atomic E-state index is 14.5. The number of aliphatic hydroxyl groups is 1. The molecule has 3 aromatic heterocycles. The van der Waals surface area contributed by atoms with Crippen molar-refractivity contribution in [2.45, 2.75) is 25.7 Å². The number of hydrogen-bond acceptors (Lipinski definition) is 7. The minimum absolute atomic E-state index is 0.176. The molecule has 4 rings (SSSR count). The van der Waals surface area contributed by atoms with Crippen molar-refractivity contribution in [1.82, 2.24) is 35.1 Å². The van der Waals surface area contributed by atoms with Gasteiger partial charge in [0.1, 0.15) is 11.5 Å². The minimum atomic E-state index is -4.89. The molecular weight excluding hydrogens is 498 g/mol. The summed E-state index contributed by atoms with van der Waals surface area (Å²) in [5.41, 5.74) is -1.41. The van der Waals surface area contributed by atoms with Crippen LogP contribution in [-0.2, 0) is 12.7 Å². The predicted octanol–water partition coefficient (Wildman–Crippen LogP) is 2.53. The highest BCUT2D eigenvalue weighted by Gasteiger charge is 2.35. The molecule has 14 heteroatoms. The third-order valence-electron chi connectivity index (χ3n) is 5.37. The van der Waals surface area contributed by atoms with Gasteiger partial charge in [0.15, 0.2) is 0 Å². The maximum Gasteiger partial charge on any atom is 0.419 e. The molecule has 0 aliphatic rings. The minimum Gasteiger partial charge on any atom is -0.394 e. The summed E-state index contributed by atoms with van der Waals surface area (Å²) in [7, 11) is 0. The lowest BCUT2D eigenvalue weighted by Gasteiger charge is -2.17. The zero-order chi connectivity index (χ0) is 26.7. The Morgan fingerprint density at radius 1 is 1.16 bits per heavy atom. The summed E-state index contributed by atoms with van der Waals surface area (Å²) >= 11 is 0. The molecular formula is C23H19F4N7O3. The van der Waals surface area contributed by atoms with Crippen LogP contribution >= 0.6 is 0 Å². The molecule has 1 aromatic carbocycles. The van der Waals surface area contributed by atoms with E-state index in [9.17, 15) is 32.3 Å². The van der Waals surface area contributed by atoms with Gasteiger partial charge in [-0.1, -0.05) is 17.3 Å². The standard InChI is InChI=1S/C23H19F4N7O3/c1-13(16-3-2-4-17(21(16)24)23(25,26)27)30-22(37)18-5-6-20(36)34(31-18)15-9-14(10-28-11-15)19-12-29-32-33(19)7-8-35/h2-6,9-13,35H,7-8H2,1H3,(H,30,37)/t13-/m1/s1. The van der Waals surface area contributed by atoms with Gasteiger partial charge in [-0.25, -0.2) is 9.07 Å². The lowest BCUT2D eigenvalue weighted by atomic mass is 10.0. The molecule has 0 bridgehead atoms. The summed E-state index contributed by atoms with van der Waals surface area (Å²) < 4.78 is 56.0. The number of nitrogens with one attached hydrogen (secondary N) is 1.